The highest BCUT2D eigenvalue weighted by atomic mass is 32.2. The number of benzene rings is 1. The summed E-state index contributed by atoms with van der Waals surface area (Å²) in [7, 11) is -3.28. The summed E-state index contributed by atoms with van der Waals surface area (Å²) in [5.74, 6) is 0.806. The molecule has 4 rings (SSSR count). The maximum Gasteiger partial charge on any atom is 0.178 e. The molecular weight excluding hydrogens is 444 g/mol. The molecule has 0 amide bonds. The van der Waals surface area contributed by atoms with Gasteiger partial charge < -0.3 is 10.2 Å². The van der Waals surface area contributed by atoms with Crippen LogP contribution in [0.2, 0.25) is 0 Å². The van der Waals surface area contributed by atoms with E-state index in [1.807, 2.05) is 6.07 Å². The van der Waals surface area contributed by atoms with Crippen molar-refractivity contribution in [1.29, 1.82) is 0 Å². The largest absolute Gasteiger partial charge is 0.393 e. The molecule has 3 aliphatic carbocycles. The third kappa shape index (κ3) is 5.02. The lowest BCUT2D eigenvalue weighted by molar-refractivity contribution is 0.0862. The second-order valence-corrected chi connectivity index (χ2v) is 12.7. The van der Waals surface area contributed by atoms with Gasteiger partial charge in [0.25, 0.3) is 0 Å². The Hall–Kier alpha value is -1.95. The van der Waals surface area contributed by atoms with Crippen molar-refractivity contribution in [2.75, 3.05) is 5.75 Å². The molecular formula is C29H38O4S. The molecule has 0 bridgehead atoms. The summed E-state index contributed by atoms with van der Waals surface area (Å²) >= 11 is 0. The minimum Gasteiger partial charge on any atom is -0.393 e. The lowest BCUT2D eigenvalue weighted by atomic mass is 9.62. The van der Waals surface area contributed by atoms with E-state index in [0.29, 0.717) is 30.1 Å². The van der Waals surface area contributed by atoms with Gasteiger partial charge in [-0.25, -0.2) is 8.42 Å². The lowest BCUT2D eigenvalue weighted by Crippen LogP contribution is -2.33. The number of allylic oxidation sites excluding steroid dienone is 5. The highest BCUT2D eigenvalue weighted by Crippen LogP contribution is 2.57. The Balaban J connectivity index is 1.47. The summed E-state index contributed by atoms with van der Waals surface area (Å²) in [5, 5.41) is 20.2. The molecule has 0 spiro atoms. The Labute approximate surface area is 204 Å². The van der Waals surface area contributed by atoms with E-state index < -0.39 is 22.0 Å². The maximum absolute atomic E-state index is 12.8. The van der Waals surface area contributed by atoms with E-state index in [1.165, 1.54) is 11.1 Å². The maximum atomic E-state index is 12.8. The molecule has 1 aromatic carbocycles. The first-order chi connectivity index (χ1) is 16.1. The molecule has 0 radical (unpaired) electrons. The first kappa shape index (κ1) is 25.2. The van der Waals surface area contributed by atoms with Gasteiger partial charge in [0.1, 0.15) is 0 Å². The van der Waals surface area contributed by atoms with Crippen molar-refractivity contribution in [3.05, 3.63) is 77.4 Å². The summed E-state index contributed by atoms with van der Waals surface area (Å²) < 4.78 is 25.6. The van der Waals surface area contributed by atoms with E-state index in [2.05, 4.69) is 38.7 Å². The molecule has 3 aliphatic rings. The third-order valence-corrected chi connectivity index (χ3v) is 10.1. The second-order valence-electron chi connectivity index (χ2n) is 10.6. The topological polar surface area (TPSA) is 74.6 Å². The Bertz CT molecular complexity index is 1110. The van der Waals surface area contributed by atoms with Crippen molar-refractivity contribution in [1.82, 2.24) is 0 Å². The van der Waals surface area contributed by atoms with Crippen LogP contribution in [-0.2, 0) is 9.84 Å². The number of hydrogen-bond acceptors (Lipinski definition) is 4. The fourth-order valence-corrected chi connectivity index (χ4v) is 7.79. The molecule has 4 nitrogen and oxygen atoms in total. The number of fused-ring (bicyclic) bond motifs is 1. The SMILES string of the molecule is C=C1C(=CC=C2CCC[C@]3(C)C([C@H](C)CCS(=O)(=O)c4ccccc4)=CC[C@@H]23)CC(O)CC1O. The van der Waals surface area contributed by atoms with E-state index in [9.17, 15) is 18.6 Å². The molecule has 34 heavy (non-hydrogen) atoms. The number of aliphatic hydroxyl groups excluding tert-OH is 2. The molecule has 0 aliphatic heterocycles. The molecule has 2 unspecified atom stereocenters. The van der Waals surface area contributed by atoms with Crippen molar-refractivity contribution in [3.8, 4) is 0 Å². The predicted octanol–water partition coefficient (Wildman–Crippen LogP) is 5.55. The van der Waals surface area contributed by atoms with Crippen LogP contribution in [0.15, 0.2) is 82.3 Å². The van der Waals surface area contributed by atoms with Crippen molar-refractivity contribution >= 4 is 9.84 Å². The van der Waals surface area contributed by atoms with Gasteiger partial charge in [0, 0.05) is 6.42 Å². The van der Waals surface area contributed by atoms with Gasteiger partial charge in [-0.3, -0.25) is 0 Å². The molecule has 2 fully saturated rings. The number of sulfone groups is 1. The van der Waals surface area contributed by atoms with Crippen LogP contribution >= 0.6 is 0 Å². The van der Waals surface area contributed by atoms with Crippen molar-refractivity contribution in [2.24, 2.45) is 17.3 Å². The van der Waals surface area contributed by atoms with Gasteiger partial charge in [0.05, 0.1) is 22.9 Å². The molecule has 0 heterocycles. The van der Waals surface area contributed by atoms with Crippen LogP contribution in [0.3, 0.4) is 0 Å². The predicted molar refractivity (Wildman–Crippen MR) is 137 cm³/mol. The number of hydrogen-bond donors (Lipinski definition) is 2. The van der Waals surface area contributed by atoms with Gasteiger partial charge in [0.2, 0.25) is 0 Å². The monoisotopic (exact) mass is 482 g/mol. The van der Waals surface area contributed by atoms with Crippen LogP contribution in [0, 0.1) is 17.3 Å². The van der Waals surface area contributed by atoms with Gasteiger partial charge >= 0.3 is 0 Å². The van der Waals surface area contributed by atoms with E-state index in [-0.39, 0.29) is 17.1 Å². The van der Waals surface area contributed by atoms with Crippen LogP contribution < -0.4 is 0 Å². The normalized spacial score (nSPS) is 33.1. The Kier molecular flexibility index (Phi) is 7.37. The molecule has 184 valence electrons. The molecule has 2 saturated carbocycles. The second kappa shape index (κ2) is 9.96. The van der Waals surface area contributed by atoms with E-state index in [1.54, 1.807) is 24.3 Å². The van der Waals surface area contributed by atoms with Crippen LogP contribution in [0.5, 0.6) is 0 Å². The zero-order chi connectivity index (χ0) is 24.5. The minimum atomic E-state index is -3.28. The van der Waals surface area contributed by atoms with Crippen molar-refractivity contribution in [3.63, 3.8) is 0 Å². The highest BCUT2D eigenvalue weighted by Gasteiger charge is 2.46. The molecule has 2 N–H and O–H groups in total. The summed E-state index contributed by atoms with van der Waals surface area (Å²) in [6, 6.07) is 8.74. The molecule has 0 saturated heterocycles. The number of rotatable bonds is 6. The molecule has 0 aromatic heterocycles. The van der Waals surface area contributed by atoms with Crippen molar-refractivity contribution in [2.45, 2.75) is 75.9 Å². The Morgan fingerprint density at radius 2 is 1.94 bits per heavy atom. The van der Waals surface area contributed by atoms with Crippen LogP contribution in [0.4, 0.5) is 0 Å². The van der Waals surface area contributed by atoms with E-state index in [4.69, 9.17) is 0 Å². The first-order valence-electron chi connectivity index (χ1n) is 12.5. The van der Waals surface area contributed by atoms with Gasteiger partial charge in [-0.05, 0) is 79.1 Å². The molecule has 5 atom stereocenters. The van der Waals surface area contributed by atoms with Gasteiger partial charge in [0.15, 0.2) is 9.84 Å². The highest BCUT2D eigenvalue weighted by molar-refractivity contribution is 7.91. The molecule has 5 heteroatoms. The molecule has 1 aromatic rings. The summed E-state index contributed by atoms with van der Waals surface area (Å²) in [6.07, 6.45) is 11.2. The average molecular weight is 483 g/mol. The van der Waals surface area contributed by atoms with Crippen LogP contribution in [0.1, 0.15) is 58.8 Å². The van der Waals surface area contributed by atoms with Gasteiger partial charge in [-0.15, -0.1) is 0 Å². The van der Waals surface area contributed by atoms with Crippen LogP contribution in [-0.4, -0.2) is 36.6 Å². The number of aliphatic hydroxyl groups is 2. The Morgan fingerprint density at radius 3 is 2.68 bits per heavy atom. The fraction of sp³-hybridized carbons (Fsp3) is 0.517. The van der Waals surface area contributed by atoms with E-state index in [0.717, 1.165) is 36.8 Å². The van der Waals surface area contributed by atoms with E-state index >= 15 is 0 Å². The summed E-state index contributed by atoms with van der Waals surface area (Å²) in [6.45, 7) is 8.56. The standard InChI is InChI=1S/C29H38O4S/c1-20(15-17-34(32,33)25-9-5-4-6-10-25)26-13-14-27-22(8-7-16-29(26,27)3)11-12-23-18-24(30)19-28(31)21(23)2/h4-6,9-13,20,24,27-28,30-31H,2,7-8,14-19H2,1,3H3/t20-,24?,27+,28?,29-/m1/s1. The first-order valence-corrected chi connectivity index (χ1v) is 14.2. The minimum absolute atomic E-state index is 0.0567. The Morgan fingerprint density at radius 1 is 1.21 bits per heavy atom. The smallest absolute Gasteiger partial charge is 0.178 e. The van der Waals surface area contributed by atoms with Gasteiger partial charge in [-0.1, -0.05) is 68.0 Å². The fourth-order valence-electron chi connectivity index (χ4n) is 6.31. The third-order valence-electron chi connectivity index (χ3n) is 8.33. The summed E-state index contributed by atoms with van der Waals surface area (Å²) in [4.78, 5) is 0.405. The average Bonchev–Trinajstić information content (AvgIpc) is 3.17. The summed E-state index contributed by atoms with van der Waals surface area (Å²) in [5.41, 5.74) is 4.54. The quantitative estimate of drug-likeness (QED) is 0.522. The van der Waals surface area contributed by atoms with Crippen molar-refractivity contribution < 1.29 is 18.6 Å². The van der Waals surface area contributed by atoms with Crippen LogP contribution in [0.25, 0.3) is 0 Å². The zero-order valence-electron chi connectivity index (χ0n) is 20.4. The lowest BCUT2D eigenvalue weighted by Gasteiger charge is -2.42. The zero-order valence-corrected chi connectivity index (χ0v) is 21.2. The van der Waals surface area contributed by atoms with Gasteiger partial charge in [-0.2, -0.15) is 0 Å².